The van der Waals surface area contributed by atoms with Crippen molar-refractivity contribution in [1.82, 2.24) is 15.4 Å². The number of amides is 2. The molecule has 0 radical (unpaired) electrons. The van der Waals surface area contributed by atoms with Crippen LogP contribution in [0.2, 0.25) is 0 Å². The second-order valence-electron chi connectivity index (χ2n) is 7.27. The number of hydrogen-bond acceptors (Lipinski definition) is 6. The summed E-state index contributed by atoms with van der Waals surface area (Å²) < 4.78 is 4.93. The van der Waals surface area contributed by atoms with E-state index >= 15 is 0 Å². The molecule has 2 fully saturated rings. The van der Waals surface area contributed by atoms with E-state index in [0.29, 0.717) is 23.4 Å². The summed E-state index contributed by atoms with van der Waals surface area (Å²) in [7, 11) is 0. The molecule has 1 aliphatic carbocycles. The number of halogens is 1. The fourth-order valence-corrected chi connectivity index (χ4v) is 3.79. The fourth-order valence-electron chi connectivity index (χ4n) is 3.00. The smallest absolute Gasteiger partial charge is 0.238 e. The molecule has 2 aliphatic rings. The molecule has 27 heavy (non-hydrogen) atoms. The molecule has 1 aliphatic heterocycles. The maximum absolute atomic E-state index is 12.4. The Labute approximate surface area is 170 Å². The third kappa shape index (κ3) is 7.01. The van der Waals surface area contributed by atoms with Gasteiger partial charge in [-0.15, -0.1) is 24.2 Å². The average molecular weight is 417 g/mol. The molecule has 1 saturated heterocycles. The van der Waals surface area contributed by atoms with Crippen molar-refractivity contribution in [2.45, 2.75) is 50.8 Å². The lowest BCUT2D eigenvalue weighted by Gasteiger charge is -2.32. The summed E-state index contributed by atoms with van der Waals surface area (Å²) in [5.41, 5.74) is 0. The SMILES string of the molecule is Cc1cc(NC(=O)C(C)SCC(=O)N2CCC(NCC3CC3)CC2)no1.Cl. The van der Waals surface area contributed by atoms with Gasteiger partial charge < -0.3 is 20.1 Å². The topological polar surface area (TPSA) is 87.5 Å². The second kappa shape index (κ2) is 10.3. The predicted octanol–water partition coefficient (Wildman–Crippen LogP) is 2.46. The Morgan fingerprint density at radius 3 is 2.63 bits per heavy atom. The van der Waals surface area contributed by atoms with Gasteiger partial charge in [-0.3, -0.25) is 9.59 Å². The van der Waals surface area contributed by atoms with Crippen LogP contribution < -0.4 is 10.6 Å². The first-order valence-corrected chi connectivity index (χ1v) is 10.4. The summed E-state index contributed by atoms with van der Waals surface area (Å²) in [5, 5.41) is 9.75. The lowest BCUT2D eigenvalue weighted by Crippen LogP contribution is -2.46. The third-order valence-corrected chi connectivity index (χ3v) is 6.07. The molecule has 1 aromatic heterocycles. The Hall–Kier alpha value is -1.25. The van der Waals surface area contributed by atoms with Gasteiger partial charge in [0.25, 0.3) is 0 Å². The summed E-state index contributed by atoms with van der Waals surface area (Å²) in [5.74, 6) is 2.22. The Bertz CT molecular complexity index is 630. The minimum Gasteiger partial charge on any atom is -0.360 e. The third-order valence-electron chi connectivity index (χ3n) is 4.95. The maximum atomic E-state index is 12.4. The molecule has 1 aromatic rings. The zero-order valence-electron chi connectivity index (χ0n) is 15.9. The summed E-state index contributed by atoms with van der Waals surface area (Å²) in [6.07, 6.45) is 4.77. The number of nitrogens with zero attached hydrogens (tertiary/aromatic N) is 2. The first-order valence-electron chi connectivity index (χ1n) is 9.38. The molecular weight excluding hydrogens is 388 g/mol. The summed E-state index contributed by atoms with van der Waals surface area (Å²) in [6, 6.07) is 2.21. The van der Waals surface area contributed by atoms with E-state index in [2.05, 4.69) is 15.8 Å². The molecule has 152 valence electrons. The normalized spacial score (nSPS) is 18.7. The van der Waals surface area contributed by atoms with Crippen molar-refractivity contribution >= 4 is 41.8 Å². The van der Waals surface area contributed by atoms with Crippen molar-refractivity contribution in [3.63, 3.8) is 0 Å². The predicted molar refractivity (Wildman–Crippen MR) is 109 cm³/mol. The van der Waals surface area contributed by atoms with Crippen LogP contribution in [0, 0.1) is 12.8 Å². The second-order valence-corrected chi connectivity index (χ2v) is 8.60. The van der Waals surface area contributed by atoms with Crippen LogP contribution in [0.15, 0.2) is 10.6 Å². The van der Waals surface area contributed by atoms with E-state index < -0.39 is 0 Å². The number of carbonyl (C=O) groups is 2. The van der Waals surface area contributed by atoms with Crippen LogP contribution in [0.3, 0.4) is 0 Å². The first kappa shape index (κ1) is 22.0. The Balaban J connectivity index is 0.00000261. The van der Waals surface area contributed by atoms with Crippen molar-refractivity contribution in [3.05, 3.63) is 11.8 Å². The van der Waals surface area contributed by atoms with E-state index in [1.807, 2.05) is 4.90 Å². The van der Waals surface area contributed by atoms with E-state index in [4.69, 9.17) is 4.52 Å². The number of carbonyl (C=O) groups excluding carboxylic acids is 2. The number of nitrogens with one attached hydrogen (secondary N) is 2. The molecule has 3 rings (SSSR count). The van der Waals surface area contributed by atoms with Crippen LogP contribution >= 0.6 is 24.2 Å². The Morgan fingerprint density at radius 2 is 2.04 bits per heavy atom. The Kier molecular flexibility index (Phi) is 8.44. The molecule has 0 bridgehead atoms. The minimum atomic E-state index is -0.325. The van der Waals surface area contributed by atoms with Crippen molar-refractivity contribution in [2.24, 2.45) is 5.92 Å². The van der Waals surface area contributed by atoms with Crippen LogP contribution in [-0.4, -0.2) is 58.5 Å². The van der Waals surface area contributed by atoms with Gasteiger partial charge in [0.1, 0.15) is 5.76 Å². The molecule has 7 nitrogen and oxygen atoms in total. The van der Waals surface area contributed by atoms with Crippen LogP contribution in [-0.2, 0) is 9.59 Å². The molecule has 2 amide bonds. The number of aryl methyl sites for hydroxylation is 1. The molecule has 1 saturated carbocycles. The zero-order valence-corrected chi connectivity index (χ0v) is 17.5. The Morgan fingerprint density at radius 1 is 1.33 bits per heavy atom. The molecule has 9 heteroatoms. The monoisotopic (exact) mass is 416 g/mol. The highest BCUT2D eigenvalue weighted by molar-refractivity contribution is 8.01. The lowest BCUT2D eigenvalue weighted by molar-refractivity contribution is -0.129. The number of likely N-dealkylation sites (tertiary alicyclic amines) is 1. The van der Waals surface area contributed by atoms with Gasteiger partial charge in [-0.05, 0) is 52.0 Å². The van der Waals surface area contributed by atoms with Crippen molar-refractivity contribution in [1.29, 1.82) is 0 Å². The standard InChI is InChI=1S/C18H28N4O3S.ClH/c1-12-9-16(21-25-12)20-18(24)13(2)26-11-17(23)22-7-5-15(6-8-22)19-10-14-3-4-14;/h9,13-15,19H,3-8,10-11H2,1-2H3,(H,20,21,24);1H. The summed E-state index contributed by atoms with van der Waals surface area (Å²) in [4.78, 5) is 26.5. The van der Waals surface area contributed by atoms with Gasteiger partial charge in [-0.2, -0.15) is 0 Å². The van der Waals surface area contributed by atoms with Gasteiger partial charge in [0.2, 0.25) is 11.8 Å². The maximum Gasteiger partial charge on any atom is 0.238 e. The van der Waals surface area contributed by atoms with E-state index in [0.717, 1.165) is 38.4 Å². The molecule has 2 heterocycles. The van der Waals surface area contributed by atoms with Crippen molar-refractivity contribution < 1.29 is 14.1 Å². The van der Waals surface area contributed by atoms with Crippen LogP contribution in [0.4, 0.5) is 5.82 Å². The van der Waals surface area contributed by atoms with Crippen molar-refractivity contribution in [3.8, 4) is 0 Å². The molecule has 2 N–H and O–H groups in total. The number of rotatable bonds is 8. The fraction of sp³-hybridized carbons (Fsp3) is 0.722. The van der Waals surface area contributed by atoms with Gasteiger partial charge in [-0.1, -0.05) is 5.16 Å². The number of thioether (sulfide) groups is 1. The van der Waals surface area contributed by atoms with Crippen LogP contribution in [0.5, 0.6) is 0 Å². The average Bonchev–Trinajstić information content (AvgIpc) is 3.39. The molecule has 0 aromatic carbocycles. The highest BCUT2D eigenvalue weighted by atomic mass is 35.5. The van der Waals surface area contributed by atoms with Crippen LogP contribution in [0.1, 0.15) is 38.4 Å². The number of anilines is 1. The highest BCUT2D eigenvalue weighted by Gasteiger charge is 2.26. The van der Waals surface area contributed by atoms with Gasteiger partial charge in [-0.25, -0.2) is 0 Å². The first-order chi connectivity index (χ1) is 12.5. The molecule has 1 unspecified atom stereocenters. The lowest BCUT2D eigenvalue weighted by atomic mass is 10.0. The van der Waals surface area contributed by atoms with E-state index in [1.54, 1.807) is 19.9 Å². The zero-order chi connectivity index (χ0) is 18.5. The summed E-state index contributed by atoms with van der Waals surface area (Å²) >= 11 is 1.36. The van der Waals surface area contributed by atoms with E-state index in [-0.39, 0.29) is 29.5 Å². The highest BCUT2D eigenvalue weighted by Crippen LogP contribution is 2.28. The number of hydrogen-bond donors (Lipinski definition) is 2. The molecule has 0 spiro atoms. The van der Waals surface area contributed by atoms with E-state index in [9.17, 15) is 9.59 Å². The minimum absolute atomic E-state index is 0. The van der Waals surface area contributed by atoms with Gasteiger partial charge in [0, 0.05) is 25.2 Å². The number of piperidine rings is 1. The number of aromatic nitrogens is 1. The molecule has 1 atom stereocenters. The quantitative estimate of drug-likeness (QED) is 0.676. The van der Waals surface area contributed by atoms with Gasteiger partial charge in [0.05, 0.1) is 11.0 Å². The van der Waals surface area contributed by atoms with E-state index in [1.165, 1.54) is 24.6 Å². The summed E-state index contributed by atoms with van der Waals surface area (Å²) in [6.45, 7) is 6.31. The molecular formula is C18H29ClN4O3S. The van der Waals surface area contributed by atoms with Crippen molar-refractivity contribution in [2.75, 3.05) is 30.7 Å². The van der Waals surface area contributed by atoms with Gasteiger partial charge in [0.15, 0.2) is 5.82 Å². The van der Waals surface area contributed by atoms with Crippen LogP contribution in [0.25, 0.3) is 0 Å². The van der Waals surface area contributed by atoms with Gasteiger partial charge >= 0.3 is 0 Å². The largest absolute Gasteiger partial charge is 0.360 e.